The third kappa shape index (κ3) is 4.45. The van der Waals surface area contributed by atoms with Crippen molar-refractivity contribution in [2.24, 2.45) is 0 Å². The standard InChI is InChI=1S/C16H22N4O/c1-13-6-7-15(19-14(13)12-17)18-9-8-16(21)20-10-4-2-3-5-11-20/h6-7H,2-5,8-11H2,1H3,(H,18,19). The van der Waals surface area contributed by atoms with E-state index in [1.165, 1.54) is 12.8 Å². The molecule has 0 atom stereocenters. The minimum atomic E-state index is 0.206. The zero-order valence-electron chi connectivity index (χ0n) is 12.6. The predicted octanol–water partition coefficient (Wildman–Crippen LogP) is 2.47. The minimum Gasteiger partial charge on any atom is -0.370 e. The lowest BCUT2D eigenvalue weighted by Gasteiger charge is -2.20. The van der Waals surface area contributed by atoms with Gasteiger partial charge in [0.2, 0.25) is 5.91 Å². The number of nitriles is 1. The van der Waals surface area contributed by atoms with E-state index in [-0.39, 0.29) is 5.91 Å². The number of aryl methyl sites for hydroxylation is 1. The summed E-state index contributed by atoms with van der Waals surface area (Å²) in [6.45, 7) is 4.19. The van der Waals surface area contributed by atoms with Gasteiger partial charge in [0.05, 0.1) is 0 Å². The van der Waals surface area contributed by atoms with E-state index in [4.69, 9.17) is 5.26 Å². The largest absolute Gasteiger partial charge is 0.370 e. The Labute approximate surface area is 126 Å². The first-order valence-electron chi connectivity index (χ1n) is 7.60. The van der Waals surface area contributed by atoms with E-state index in [1.807, 2.05) is 24.0 Å². The number of hydrogen-bond acceptors (Lipinski definition) is 4. The van der Waals surface area contributed by atoms with Gasteiger partial charge in [0, 0.05) is 26.1 Å². The van der Waals surface area contributed by atoms with E-state index in [9.17, 15) is 4.79 Å². The van der Waals surface area contributed by atoms with Crippen molar-refractivity contribution in [1.82, 2.24) is 9.88 Å². The van der Waals surface area contributed by atoms with Gasteiger partial charge in [-0.2, -0.15) is 5.26 Å². The van der Waals surface area contributed by atoms with Gasteiger partial charge >= 0.3 is 0 Å². The molecule has 1 aromatic rings. The Morgan fingerprint density at radius 3 is 2.71 bits per heavy atom. The fraction of sp³-hybridized carbons (Fsp3) is 0.562. The van der Waals surface area contributed by atoms with Crippen LogP contribution in [0.1, 0.15) is 43.4 Å². The minimum absolute atomic E-state index is 0.206. The summed E-state index contributed by atoms with van der Waals surface area (Å²) in [5, 5.41) is 12.1. The van der Waals surface area contributed by atoms with Crippen molar-refractivity contribution >= 4 is 11.7 Å². The summed E-state index contributed by atoms with van der Waals surface area (Å²) in [4.78, 5) is 18.3. The van der Waals surface area contributed by atoms with Crippen molar-refractivity contribution in [1.29, 1.82) is 5.26 Å². The molecule has 0 unspecified atom stereocenters. The fourth-order valence-electron chi connectivity index (χ4n) is 2.52. The zero-order chi connectivity index (χ0) is 15.1. The van der Waals surface area contributed by atoms with E-state index in [0.29, 0.717) is 24.5 Å². The summed E-state index contributed by atoms with van der Waals surface area (Å²) in [5.74, 6) is 0.859. The highest BCUT2D eigenvalue weighted by Gasteiger charge is 2.14. The van der Waals surface area contributed by atoms with E-state index < -0.39 is 0 Å². The molecular formula is C16H22N4O. The van der Waals surface area contributed by atoms with Crippen LogP contribution in [0.3, 0.4) is 0 Å². The average molecular weight is 286 g/mol. The highest BCUT2D eigenvalue weighted by atomic mass is 16.2. The summed E-state index contributed by atoms with van der Waals surface area (Å²) in [6, 6.07) is 5.77. The van der Waals surface area contributed by atoms with Crippen molar-refractivity contribution in [2.75, 3.05) is 25.0 Å². The van der Waals surface area contributed by atoms with Crippen LogP contribution in [-0.2, 0) is 4.79 Å². The Bertz CT molecular complexity index is 528. The molecular weight excluding hydrogens is 264 g/mol. The SMILES string of the molecule is Cc1ccc(NCCC(=O)N2CCCCCC2)nc1C#N. The van der Waals surface area contributed by atoms with Crippen LogP contribution in [-0.4, -0.2) is 35.4 Å². The summed E-state index contributed by atoms with van der Waals surface area (Å²) < 4.78 is 0. The van der Waals surface area contributed by atoms with Crippen LogP contribution < -0.4 is 5.32 Å². The molecule has 5 heteroatoms. The number of carbonyl (C=O) groups excluding carboxylic acids is 1. The van der Waals surface area contributed by atoms with Crippen molar-refractivity contribution in [3.63, 3.8) is 0 Å². The topological polar surface area (TPSA) is 69.0 Å². The zero-order valence-corrected chi connectivity index (χ0v) is 12.6. The third-order valence-electron chi connectivity index (χ3n) is 3.81. The maximum Gasteiger partial charge on any atom is 0.224 e. The van der Waals surface area contributed by atoms with E-state index in [1.54, 1.807) is 0 Å². The number of carbonyl (C=O) groups is 1. The Morgan fingerprint density at radius 1 is 1.33 bits per heavy atom. The molecule has 0 bridgehead atoms. The summed E-state index contributed by atoms with van der Waals surface area (Å²) in [5.41, 5.74) is 1.29. The molecule has 5 nitrogen and oxygen atoms in total. The van der Waals surface area contributed by atoms with Gasteiger partial charge in [0.15, 0.2) is 0 Å². The summed E-state index contributed by atoms with van der Waals surface area (Å²) >= 11 is 0. The molecule has 0 aliphatic carbocycles. The van der Waals surface area contributed by atoms with Crippen LogP contribution in [0.25, 0.3) is 0 Å². The average Bonchev–Trinajstić information content (AvgIpc) is 2.78. The van der Waals surface area contributed by atoms with Crippen molar-refractivity contribution in [3.8, 4) is 6.07 Å². The van der Waals surface area contributed by atoms with Gasteiger partial charge in [-0.05, 0) is 31.4 Å². The molecule has 1 aromatic heterocycles. The van der Waals surface area contributed by atoms with Gasteiger partial charge in [0.1, 0.15) is 17.6 Å². The molecule has 0 aromatic carbocycles. The Hall–Kier alpha value is -2.09. The maximum absolute atomic E-state index is 12.1. The highest BCUT2D eigenvalue weighted by Crippen LogP contribution is 2.12. The molecule has 2 rings (SSSR count). The number of anilines is 1. The lowest BCUT2D eigenvalue weighted by Crippen LogP contribution is -2.32. The van der Waals surface area contributed by atoms with Crippen LogP contribution in [0.5, 0.6) is 0 Å². The maximum atomic E-state index is 12.1. The fourth-order valence-corrected chi connectivity index (χ4v) is 2.52. The van der Waals surface area contributed by atoms with E-state index in [0.717, 1.165) is 31.5 Å². The molecule has 0 spiro atoms. The monoisotopic (exact) mass is 286 g/mol. The molecule has 1 aliphatic heterocycles. The Morgan fingerprint density at radius 2 is 2.05 bits per heavy atom. The van der Waals surface area contributed by atoms with E-state index >= 15 is 0 Å². The van der Waals surface area contributed by atoms with E-state index in [2.05, 4.69) is 16.4 Å². The third-order valence-corrected chi connectivity index (χ3v) is 3.81. The van der Waals surface area contributed by atoms with Crippen LogP contribution >= 0.6 is 0 Å². The van der Waals surface area contributed by atoms with Crippen LogP contribution in [0.15, 0.2) is 12.1 Å². The number of nitrogens with zero attached hydrogens (tertiary/aromatic N) is 3. The molecule has 2 heterocycles. The normalized spacial score (nSPS) is 15.1. The van der Waals surface area contributed by atoms with Crippen LogP contribution in [0.4, 0.5) is 5.82 Å². The van der Waals surface area contributed by atoms with Crippen molar-refractivity contribution in [2.45, 2.75) is 39.0 Å². The van der Waals surface area contributed by atoms with Crippen molar-refractivity contribution < 1.29 is 4.79 Å². The molecule has 1 fully saturated rings. The van der Waals surface area contributed by atoms with Gasteiger partial charge in [-0.1, -0.05) is 18.9 Å². The molecule has 1 N–H and O–H groups in total. The molecule has 21 heavy (non-hydrogen) atoms. The lowest BCUT2D eigenvalue weighted by atomic mass is 10.2. The first kappa shape index (κ1) is 15.3. The molecule has 112 valence electrons. The van der Waals surface area contributed by atoms with Gasteiger partial charge in [-0.25, -0.2) is 4.98 Å². The molecule has 0 saturated carbocycles. The molecule has 1 saturated heterocycles. The van der Waals surface area contributed by atoms with Gasteiger partial charge in [0.25, 0.3) is 0 Å². The molecule has 0 radical (unpaired) electrons. The number of nitrogens with one attached hydrogen (secondary N) is 1. The Kier molecular flexibility index (Phi) is 5.56. The second-order valence-corrected chi connectivity index (χ2v) is 5.45. The number of hydrogen-bond donors (Lipinski definition) is 1. The lowest BCUT2D eigenvalue weighted by molar-refractivity contribution is -0.130. The van der Waals surface area contributed by atoms with Gasteiger partial charge < -0.3 is 10.2 Å². The number of rotatable bonds is 4. The van der Waals surface area contributed by atoms with Crippen LogP contribution in [0, 0.1) is 18.3 Å². The summed E-state index contributed by atoms with van der Waals surface area (Å²) in [7, 11) is 0. The Balaban J connectivity index is 1.81. The number of amides is 1. The second-order valence-electron chi connectivity index (χ2n) is 5.45. The number of likely N-dealkylation sites (tertiary alicyclic amines) is 1. The van der Waals surface area contributed by atoms with Gasteiger partial charge in [-0.3, -0.25) is 4.79 Å². The summed E-state index contributed by atoms with van der Waals surface area (Å²) in [6.07, 6.45) is 5.16. The molecule has 1 amide bonds. The smallest absolute Gasteiger partial charge is 0.224 e. The number of pyridine rings is 1. The van der Waals surface area contributed by atoms with Crippen LogP contribution in [0.2, 0.25) is 0 Å². The molecule has 1 aliphatic rings. The second kappa shape index (κ2) is 7.63. The first-order valence-corrected chi connectivity index (χ1v) is 7.60. The number of aromatic nitrogens is 1. The van der Waals surface area contributed by atoms with Gasteiger partial charge in [-0.15, -0.1) is 0 Å². The quantitative estimate of drug-likeness (QED) is 0.923. The first-order chi connectivity index (χ1) is 10.2. The predicted molar refractivity (Wildman–Crippen MR) is 81.8 cm³/mol. The van der Waals surface area contributed by atoms with Crippen molar-refractivity contribution in [3.05, 3.63) is 23.4 Å². The highest BCUT2D eigenvalue weighted by molar-refractivity contribution is 5.76.